The van der Waals surface area contributed by atoms with E-state index in [2.05, 4.69) is 31.9 Å². The number of esters is 1. The molecule has 0 aliphatic heterocycles. The zero-order valence-corrected chi connectivity index (χ0v) is 11.3. The Labute approximate surface area is 101 Å². The smallest absolute Gasteiger partial charge is 0.313 e. The summed E-state index contributed by atoms with van der Waals surface area (Å²) >= 11 is 6.91. The van der Waals surface area contributed by atoms with E-state index in [1.807, 2.05) is 25.2 Å². The van der Waals surface area contributed by atoms with Gasteiger partial charge in [-0.15, -0.1) is 0 Å². The number of hydrogen-bond acceptors (Lipinski definition) is 2. The standard InChI is InChI=1S/C10H12Br2O2/c1-10(6-11)7(9(13)14-2)4-3-5-8(10)12/h3-5,7H,6H2,1-2H3. The molecule has 0 heterocycles. The van der Waals surface area contributed by atoms with Gasteiger partial charge < -0.3 is 4.74 Å². The van der Waals surface area contributed by atoms with Crippen molar-refractivity contribution in [1.82, 2.24) is 0 Å². The van der Waals surface area contributed by atoms with Crippen LogP contribution in [0, 0.1) is 11.3 Å². The Hall–Kier alpha value is -0.0900. The summed E-state index contributed by atoms with van der Waals surface area (Å²) in [6.45, 7) is 2.02. The van der Waals surface area contributed by atoms with Crippen molar-refractivity contribution < 1.29 is 9.53 Å². The highest BCUT2D eigenvalue weighted by Crippen LogP contribution is 2.44. The van der Waals surface area contributed by atoms with Crippen molar-refractivity contribution in [2.24, 2.45) is 11.3 Å². The van der Waals surface area contributed by atoms with Gasteiger partial charge in [0.05, 0.1) is 13.0 Å². The molecule has 0 aromatic heterocycles. The average Bonchev–Trinajstić information content (AvgIpc) is 2.21. The van der Waals surface area contributed by atoms with Gasteiger partial charge in [-0.25, -0.2) is 0 Å². The van der Waals surface area contributed by atoms with Crippen LogP contribution in [0.5, 0.6) is 0 Å². The zero-order chi connectivity index (χ0) is 10.8. The largest absolute Gasteiger partial charge is 0.469 e. The van der Waals surface area contributed by atoms with Crippen LogP contribution in [0.15, 0.2) is 22.7 Å². The number of allylic oxidation sites excluding steroid dienone is 3. The van der Waals surface area contributed by atoms with Crippen molar-refractivity contribution >= 4 is 37.8 Å². The lowest BCUT2D eigenvalue weighted by Gasteiger charge is -2.34. The summed E-state index contributed by atoms with van der Waals surface area (Å²) in [5.74, 6) is -0.431. The molecule has 1 aliphatic carbocycles. The number of halogens is 2. The third kappa shape index (κ3) is 1.96. The van der Waals surface area contributed by atoms with E-state index in [9.17, 15) is 4.79 Å². The van der Waals surface area contributed by atoms with Gasteiger partial charge in [-0.3, -0.25) is 4.79 Å². The van der Waals surface area contributed by atoms with Crippen LogP contribution in [0.2, 0.25) is 0 Å². The van der Waals surface area contributed by atoms with Gasteiger partial charge in [-0.1, -0.05) is 57.0 Å². The first-order valence-corrected chi connectivity index (χ1v) is 6.16. The number of rotatable bonds is 2. The van der Waals surface area contributed by atoms with Gasteiger partial charge in [0, 0.05) is 15.2 Å². The summed E-state index contributed by atoms with van der Waals surface area (Å²) in [5.41, 5.74) is -0.248. The lowest BCUT2D eigenvalue weighted by molar-refractivity contribution is -0.146. The van der Waals surface area contributed by atoms with Crippen LogP contribution in [0.25, 0.3) is 0 Å². The molecule has 0 spiro atoms. The van der Waals surface area contributed by atoms with Crippen molar-refractivity contribution in [1.29, 1.82) is 0 Å². The first-order chi connectivity index (χ1) is 6.56. The maximum absolute atomic E-state index is 11.5. The van der Waals surface area contributed by atoms with Gasteiger partial charge in [-0.2, -0.15) is 0 Å². The van der Waals surface area contributed by atoms with Crippen molar-refractivity contribution in [3.8, 4) is 0 Å². The Morgan fingerprint density at radius 2 is 2.36 bits per heavy atom. The summed E-state index contributed by atoms with van der Waals surface area (Å²) in [4.78, 5) is 11.5. The van der Waals surface area contributed by atoms with E-state index in [-0.39, 0.29) is 17.3 Å². The SMILES string of the molecule is COC(=O)C1C=CC=C(Br)C1(C)CBr. The van der Waals surface area contributed by atoms with Gasteiger partial charge >= 0.3 is 5.97 Å². The Balaban J connectivity index is 3.02. The fraction of sp³-hybridized carbons (Fsp3) is 0.500. The molecule has 0 bridgehead atoms. The van der Waals surface area contributed by atoms with Gasteiger partial charge in [0.2, 0.25) is 0 Å². The predicted molar refractivity (Wildman–Crippen MR) is 63.6 cm³/mol. The number of carbonyl (C=O) groups is 1. The Morgan fingerprint density at radius 3 is 2.86 bits per heavy atom. The van der Waals surface area contributed by atoms with Crippen molar-refractivity contribution in [3.63, 3.8) is 0 Å². The first kappa shape index (κ1) is 12.0. The molecule has 2 unspecified atom stereocenters. The average molecular weight is 324 g/mol. The second-order valence-electron chi connectivity index (χ2n) is 3.45. The molecule has 0 amide bonds. The molecule has 0 saturated heterocycles. The zero-order valence-electron chi connectivity index (χ0n) is 8.09. The van der Waals surface area contributed by atoms with Crippen LogP contribution in [-0.2, 0) is 9.53 Å². The molecule has 0 aromatic carbocycles. The summed E-state index contributed by atoms with van der Waals surface area (Å²) in [6, 6.07) is 0. The molecule has 2 atom stereocenters. The third-order valence-electron chi connectivity index (χ3n) is 2.51. The number of alkyl halides is 1. The number of hydrogen-bond donors (Lipinski definition) is 0. The summed E-state index contributed by atoms with van der Waals surface area (Å²) < 4.78 is 5.79. The normalized spacial score (nSPS) is 31.1. The van der Waals surface area contributed by atoms with Crippen LogP contribution in [-0.4, -0.2) is 18.4 Å². The number of methoxy groups -OCH3 is 1. The topological polar surface area (TPSA) is 26.3 Å². The Kier molecular flexibility index (Phi) is 3.95. The van der Waals surface area contributed by atoms with Gasteiger partial charge in [0.15, 0.2) is 0 Å². The van der Waals surface area contributed by atoms with Crippen molar-refractivity contribution in [2.45, 2.75) is 6.92 Å². The van der Waals surface area contributed by atoms with Gasteiger partial charge in [0.25, 0.3) is 0 Å². The van der Waals surface area contributed by atoms with E-state index in [4.69, 9.17) is 4.74 Å². The molecule has 14 heavy (non-hydrogen) atoms. The highest BCUT2D eigenvalue weighted by molar-refractivity contribution is 9.12. The fourth-order valence-corrected chi connectivity index (χ4v) is 2.98. The van der Waals surface area contributed by atoms with E-state index in [1.54, 1.807) is 0 Å². The summed E-state index contributed by atoms with van der Waals surface area (Å²) in [6.07, 6.45) is 5.70. The summed E-state index contributed by atoms with van der Waals surface area (Å²) in [7, 11) is 1.41. The molecule has 2 nitrogen and oxygen atoms in total. The fourth-order valence-electron chi connectivity index (χ4n) is 1.42. The third-order valence-corrected chi connectivity index (χ3v) is 4.85. The van der Waals surface area contributed by atoms with E-state index >= 15 is 0 Å². The Bertz CT molecular complexity index is 296. The van der Waals surface area contributed by atoms with Crippen LogP contribution >= 0.6 is 31.9 Å². The molecule has 1 aliphatic rings. The number of carbonyl (C=O) groups excluding carboxylic acids is 1. The molecule has 0 N–H and O–H groups in total. The van der Waals surface area contributed by atoms with Gasteiger partial charge in [-0.05, 0) is 0 Å². The molecule has 4 heteroatoms. The van der Waals surface area contributed by atoms with Crippen LogP contribution < -0.4 is 0 Å². The van der Waals surface area contributed by atoms with E-state index < -0.39 is 0 Å². The maximum Gasteiger partial charge on any atom is 0.313 e. The highest BCUT2D eigenvalue weighted by atomic mass is 79.9. The molecule has 0 radical (unpaired) electrons. The predicted octanol–water partition coefficient (Wildman–Crippen LogP) is 3.03. The van der Waals surface area contributed by atoms with E-state index in [1.165, 1.54) is 7.11 Å². The van der Waals surface area contributed by atoms with Crippen molar-refractivity contribution in [3.05, 3.63) is 22.7 Å². The maximum atomic E-state index is 11.5. The lowest BCUT2D eigenvalue weighted by atomic mass is 9.76. The summed E-state index contributed by atoms with van der Waals surface area (Å²) in [5, 5.41) is 0.710. The lowest BCUT2D eigenvalue weighted by Crippen LogP contribution is -2.36. The van der Waals surface area contributed by atoms with E-state index in [0.717, 1.165) is 4.48 Å². The molecule has 78 valence electrons. The second kappa shape index (κ2) is 4.62. The quantitative estimate of drug-likeness (QED) is 0.577. The second-order valence-corrected chi connectivity index (χ2v) is 4.87. The molecule has 0 fully saturated rings. The Morgan fingerprint density at radius 1 is 1.71 bits per heavy atom. The molecule has 0 saturated carbocycles. The van der Waals surface area contributed by atoms with Crippen LogP contribution in [0.4, 0.5) is 0 Å². The first-order valence-electron chi connectivity index (χ1n) is 4.24. The van der Waals surface area contributed by atoms with E-state index in [0.29, 0.717) is 5.33 Å². The molecular weight excluding hydrogens is 312 g/mol. The van der Waals surface area contributed by atoms with Gasteiger partial charge in [0.1, 0.15) is 0 Å². The molecule has 0 aromatic rings. The number of ether oxygens (including phenoxy) is 1. The monoisotopic (exact) mass is 322 g/mol. The minimum absolute atomic E-state index is 0.201. The van der Waals surface area contributed by atoms with Crippen LogP contribution in [0.1, 0.15) is 6.92 Å². The van der Waals surface area contributed by atoms with Crippen LogP contribution in [0.3, 0.4) is 0 Å². The minimum Gasteiger partial charge on any atom is -0.469 e. The minimum atomic E-state index is -0.248. The highest BCUT2D eigenvalue weighted by Gasteiger charge is 2.40. The molecule has 1 rings (SSSR count). The van der Waals surface area contributed by atoms with Crippen molar-refractivity contribution in [2.75, 3.05) is 12.4 Å². The molecular formula is C10H12Br2O2.